The van der Waals surface area contributed by atoms with Gasteiger partial charge in [-0.05, 0) is 107 Å². The number of unbranched alkanes of at least 4 members (excludes halogenated alkanes) is 36. The summed E-state index contributed by atoms with van der Waals surface area (Å²) < 4.78 is 11.2. The predicted molar refractivity (Wildman–Crippen MR) is 387 cm³/mol. The highest BCUT2D eigenvalue weighted by Gasteiger charge is 2.44. The van der Waals surface area contributed by atoms with E-state index in [0.29, 0.717) is 22.5 Å². The van der Waals surface area contributed by atoms with Gasteiger partial charge in [-0.25, -0.2) is 9.59 Å². The summed E-state index contributed by atoms with van der Waals surface area (Å²) in [7, 11) is 2.88. The molecule has 0 saturated carbocycles. The number of esters is 2. The summed E-state index contributed by atoms with van der Waals surface area (Å²) in [5, 5.41) is 7.44. The van der Waals surface area contributed by atoms with Crippen molar-refractivity contribution in [3.05, 3.63) is 130 Å². The molecule has 2 aliphatic carbocycles. The molecule has 90 heavy (non-hydrogen) atoms. The lowest BCUT2D eigenvalue weighted by Crippen LogP contribution is -2.25. The number of ether oxygens (including phenoxy) is 2. The van der Waals surface area contributed by atoms with Crippen LogP contribution in [-0.4, -0.2) is 26.2 Å². The lowest BCUT2D eigenvalue weighted by molar-refractivity contribution is 0.0588. The second-order valence-corrected chi connectivity index (χ2v) is 27.7. The molecule has 5 aromatic rings. The Labute approximate surface area is 549 Å². The molecule has 2 aliphatic rings. The van der Waals surface area contributed by atoms with Crippen LogP contribution in [0, 0.1) is 0 Å². The lowest BCUT2D eigenvalue weighted by atomic mass is 9.70. The van der Waals surface area contributed by atoms with E-state index >= 15 is 0 Å². The number of anilines is 4. The van der Waals surface area contributed by atoms with Gasteiger partial charge in [-0.3, -0.25) is 0 Å². The Morgan fingerprint density at radius 2 is 0.544 bits per heavy atom. The van der Waals surface area contributed by atoms with E-state index in [9.17, 15) is 9.59 Å². The van der Waals surface area contributed by atoms with Crippen LogP contribution in [-0.2, 0) is 20.3 Å². The maximum atomic E-state index is 14.2. The number of carbonyl (C=O) groups is 2. The zero-order chi connectivity index (χ0) is 63.5. The molecule has 0 amide bonds. The van der Waals surface area contributed by atoms with Gasteiger partial charge in [0.05, 0.1) is 36.7 Å². The standard InChI is InChI=1S/C84H124N2O4/c1-7-11-15-19-23-27-31-35-39-47-59-83(60-48-40-36-32-28-24-20-16-12-8-2)75-53-45-43-51-69(75)71-57-55-67(63-77(71)83)85-79-65-74(82(88)90-6)80(66-73(79)81(87)89-5)86-68-56-58-72-70-52-44-46-54-76(70)84(78(72)64-68,61-49-41-37-33-29-25-21-17-13-9-3)62-50-42-38-34-30-26-22-18-14-10-4/h43-46,51-58,63-66,85-86H,7-42,47-50,59-62H2,1-6H3. The normalized spacial score (nSPS) is 13.2. The molecule has 0 fully saturated rings. The predicted octanol–water partition coefficient (Wildman–Crippen LogP) is 26.5. The van der Waals surface area contributed by atoms with Crippen molar-refractivity contribution >= 4 is 34.7 Å². The van der Waals surface area contributed by atoms with E-state index in [1.165, 1.54) is 316 Å². The smallest absolute Gasteiger partial charge is 0.340 e. The molecule has 0 radical (unpaired) electrons. The Bertz CT molecular complexity index is 2620. The summed E-state index contributed by atoms with van der Waals surface area (Å²) in [5.74, 6) is -0.948. The van der Waals surface area contributed by atoms with Gasteiger partial charge in [0, 0.05) is 22.2 Å². The highest BCUT2D eigenvalue weighted by molar-refractivity contribution is 6.04. The monoisotopic (exact) mass is 1220 g/mol. The quantitative estimate of drug-likeness (QED) is 0.0298. The number of hydrogen-bond donors (Lipinski definition) is 2. The van der Waals surface area contributed by atoms with Gasteiger partial charge in [-0.1, -0.05) is 345 Å². The van der Waals surface area contributed by atoms with Crippen molar-refractivity contribution in [2.75, 3.05) is 24.9 Å². The van der Waals surface area contributed by atoms with Crippen molar-refractivity contribution in [3.8, 4) is 22.3 Å². The SMILES string of the molecule is CCCCCCCCCCCCC1(CCCCCCCCCCCC)c2ccccc2-c2ccc(Nc3cc(C(=O)OC)c(Nc4ccc5c(c4)C(CCCCCCCCCCCC)(CCCCCCCCCCCC)c4ccccc4-5)cc3C(=O)OC)cc21. The van der Waals surface area contributed by atoms with Gasteiger partial charge in [0.2, 0.25) is 0 Å². The van der Waals surface area contributed by atoms with Crippen LogP contribution < -0.4 is 10.6 Å². The zero-order valence-corrected chi connectivity index (χ0v) is 58.0. The number of fused-ring (bicyclic) bond motifs is 6. The third kappa shape index (κ3) is 20.8. The first-order chi connectivity index (χ1) is 44.3. The molecule has 0 aromatic heterocycles. The molecule has 7 rings (SSSR count). The largest absolute Gasteiger partial charge is 0.465 e. The molecule has 0 atom stereocenters. The molecule has 0 unspecified atom stereocenters. The fourth-order valence-corrected chi connectivity index (χ4v) is 15.7. The van der Waals surface area contributed by atoms with Crippen molar-refractivity contribution in [2.24, 2.45) is 0 Å². The van der Waals surface area contributed by atoms with Gasteiger partial charge < -0.3 is 20.1 Å². The van der Waals surface area contributed by atoms with E-state index in [4.69, 9.17) is 9.47 Å². The minimum Gasteiger partial charge on any atom is -0.465 e. The summed E-state index contributed by atoms with van der Waals surface area (Å²) in [5.41, 5.74) is 14.3. The van der Waals surface area contributed by atoms with E-state index in [0.717, 1.165) is 37.1 Å². The van der Waals surface area contributed by atoms with E-state index in [-0.39, 0.29) is 10.8 Å². The third-order valence-electron chi connectivity index (χ3n) is 20.9. The summed E-state index contributed by atoms with van der Waals surface area (Å²) in [6.07, 6.45) is 57.2. The average Bonchev–Trinajstić information content (AvgIpc) is 1.59. The first kappa shape index (κ1) is 72.1. The van der Waals surface area contributed by atoms with Crippen molar-refractivity contribution in [2.45, 2.75) is 321 Å². The number of benzene rings is 5. The molecule has 0 aliphatic heterocycles. The van der Waals surface area contributed by atoms with E-state index in [1.54, 1.807) is 12.1 Å². The Morgan fingerprint density at radius 3 is 0.811 bits per heavy atom. The zero-order valence-electron chi connectivity index (χ0n) is 58.0. The Morgan fingerprint density at radius 1 is 0.300 bits per heavy atom. The van der Waals surface area contributed by atoms with Gasteiger partial charge in [-0.15, -0.1) is 0 Å². The Kier molecular flexibility index (Phi) is 32.5. The summed E-state index contributed by atoms with van der Waals surface area (Å²) >= 11 is 0. The Balaban J connectivity index is 1.16. The molecule has 0 heterocycles. The van der Waals surface area contributed by atoms with E-state index in [2.05, 4.69) is 123 Å². The fourth-order valence-electron chi connectivity index (χ4n) is 15.7. The summed E-state index contributed by atoms with van der Waals surface area (Å²) in [6.45, 7) is 9.20. The highest BCUT2D eigenvalue weighted by Crippen LogP contribution is 2.57. The van der Waals surface area contributed by atoms with Crippen LogP contribution in [0.4, 0.5) is 22.7 Å². The highest BCUT2D eigenvalue weighted by atomic mass is 16.5. The fraction of sp³-hybridized carbons (Fsp3) is 0.619. The van der Waals surface area contributed by atoms with E-state index < -0.39 is 11.9 Å². The molecule has 494 valence electrons. The van der Waals surface area contributed by atoms with Crippen LogP contribution in [0.15, 0.2) is 97.1 Å². The molecule has 2 N–H and O–H groups in total. The minimum absolute atomic E-state index is 0.116. The molecule has 5 aromatic carbocycles. The molecule has 0 spiro atoms. The minimum atomic E-state index is -0.474. The lowest BCUT2D eigenvalue weighted by Gasteiger charge is -2.33. The first-order valence-electron chi connectivity index (χ1n) is 37.7. The topological polar surface area (TPSA) is 76.7 Å². The molecule has 0 saturated heterocycles. The molecule has 0 bridgehead atoms. The van der Waals surface area contributed by atoms with Crippen LogP contribution >= 0.6 is 0 Å². The van der Waals surface area contributed by atoms with Gasteiger partial charge >= 0.3 is 11.9 Å². The number of rotatable bonds is 50. The molecular formula is C84H124N2O4. The third-order valence-corrected chi connectivity index (χ3v) is 20.9. The maximum Gasteiger partial charge on any atom is 0.340 e. The maximum absolute atomic E-state index is 14.2. The number of carbonyl (C=O) groups excluding carboxylic acids is 2. The summed E-state index contributed by atoms with van der Waals surface area (Å²) in [6, 6.07) is 35.6. The summed E-state index contributed by atoms with van der Waals surface area (Å²) in [4.78, 5) is 28.4. The number of methoxy groups -OCH3 is 2. The van der Waals surface area contributed by atoms with Crippen LogP contribution in [0.25, 0.3) is 22.3 Å². The van der Waals surface area contributed by atoms with Crippen LogP contribution in [0.5, 0.6) is 0 Å². The molecular weight excluding hydrogens is 1100 g/mol. The van der Waals surface area contributed by atoms with E-state index in [1.807, 2.05) is 0 Å². The van der Waals surface area contributed by atoms with Crippen LogP contribution in [0.2, 0.25) is 0 Å². The second kappa shape index (κ2) is 40.6. The second-order valence-electron chi connectivity index (χ2n) is 27.7. The van der Waals surface area contributed by atoms with Crippen molar-refractivity contribution < 1.29 is 19.1 Å². The number of hydrogen-bond acceptors (Lipinski definition) is 6. The van der Waals surface area contributed by atoms with Gasteiger partial charge in [-0.2, -0.15) is 0 Å². The molecule has 6 nitrogen and oxygen atoms in total. The first-order valence-corrected chi connectivity index (χ1v) is 37.7. The van der Waals surface area contributed by atoms with Crippen molar-refractivity contribution in [1.29, 1.82) is 0 Å². The average molecular weight is 1230 g/mol. The molecule has 6 heteroatoms. The van der Waals surface area contributed by atoms with Gasteiger partial charge in [0.1, 0.15) is 0 Å². The number of nitrogens with one attached hydrogen (secondary N) is 2. The van der Waals surface area contributed by atoms with Crippen molar-refractivity contribution in [3.63, 3.8) is 0 Å². The van der Waals surface area contributed by atoms with Gasteiger partial charge in [0.25, 0.3) is 0 Å². The van der Waals surface area contributed by atoms with Crippen LogP contribution in [0.3, 0.4) is 0 Å². The van der Waals surface area contributed by atoms with Crippen LogP contribution in [0.1, 0.15) is 353 Å². The Hall–Kier alpha value is -5.36. The van der Waals surface area contributed by atoms with Gasteiger partial charge in [0.15, 0.2) is 0 Å². The van der Waals surface area contributed by atoms with Crippen molar-refractivity contribution in [1.82, 2.24) is 0 Å².